The van der Waals surface area contributed by atoms with E-state index < -0.39 is 0 Å². The highest BCUT2D eigenvalue weighted by Gasteiger charge is 2.13. The minimum Gasteiger partial charge on any atom is -0.379 e. The lowest BCUT2D eigenvalue weighted by Crippen LogP contribution is -2.41. The second kappa shape index (κ2) is 6.51. The number of fused-ring (bicyclic) bond motifs is 1. The molecule has 2 heterocycles. The van der Waals surface area contributed by atoms with Gasteiger partial charge in [-0.3, -0.25) is 9.69 Å². The summed E-state index contributed by atoms with van der Waals surface area (Å²) in [4.78, 5) is 14.9. The van der Waals surface area contributed by atoms with Gasteiger partial charge < -0.3 is 10.1 Å². The summed E-state index contributed by atoms with van der Waals surface area (Å²) >= 11 is 1.32. The van der Waals surface area contributed by atoms with Crippen LogP contribution in [-0.2, 0) is 4.74 Å². The first-order valence-corrected chi connectivity index (χ1v) is 7.82. The molecule has 0 saturated carbocycles. The summed E-state index contributed by atoms with van der Waals surface area (Å²) in [5.74, 6) is -0.417. The first-order valence-electron chi connectivity index (χ1n) is 7.00. The number of rotatable bonds is 4. The van der Waals surface area contributed by atoms with Crippen LogP contribution in [0.2, 0.25) is 0 Å². The molecule has 1 fully saturated rings. The lowest BCUT2D eigenvalue weighted by atomic mass is 10.2. The molecular formula is C15H17FN2O2S. The number of carbonyl (C=O) groups excluding carboxylic acids is 1. The molecule has 112 valence electrons. The van der Waals surface area contributed by atoms with Crippen molar-refractivity contribution in [2.24, 2.45) is 0 Å². The van der Waals surface area contributed by atoms with E-state index in [9.17, 15) is 9.18 Å². The van der Waals surface area contributed by atoms with Crippen LogP contribution in [0.25, 0.3) is 10.1 Å². The van der Waals surface area contributed by atoms with E-state index >= 15 is 0 Å². The van der Waals surface area contributed by atoms with Crippen LogP contribution in [0.3, 0.4) is 0 Å². The largest absolute Gasteiger partial charge is 0.379 e. The molecule has 1 aliphatic heterocycles. The number of hydrogen-bond donors (Lipinski definition) is 1. The molecule has 3 rings (SSSR count). The zero-order valence-corrected chi connectivity index (χ0v) is 12.4. The molecule has 21 heavy (non-hydrogen) atoms. The zero-order chi connectivity index (χ0) is 14.7. The van der Waals surface area contributed by atoms with Crippen LogP contribution in [0, 0.1) is 5.82 Å². The van der Waals surface area contributed by atoms with Gasteiger partial charge in [0, 0.05) is 36.3 Å². The Labute approximate surface area is 126 Å². The Bertz CT molecular complexity index is 638. The molecule has 0 radical (unpaired) electrons. The highest BCUT2D eigenvalue weighted by molar-refractivity contribution is 7.20. The van der Waals surface area contributed by atoms with Crippen molar-refractivity contribution in [3.63, 3.8) is 0 Å². The number of hydrogen-bond acceptors (Lipinski definition) is 4. The maximum Gasteiger partial charge on any atom is 0.261 e. The Morgan fingerprint density at radius 3 is 2.95 bits per heavy atom. The predicted octanol–water partition coefficient (Wildman–Crippen LogP) is 2.10. The highest BCUT2D eigenvalue weighted by atomic mass is 32.1. The number of benzene rings is 1. The average Bonchev–Trinajstić information content (AvgIpc) is 2.94. The second-order valence-corrected chi connectivity index (χ2v) is 6.06. The molecule has 0 spiro atoms. The van der Waals surface area contributed by atoms with Gasteiger partial charge in [-0.2, -0.15) is 0 Å². The van der Waals surface area contributed by atoms with Crippen LogP contribution in [0.1, 0.15) is 9.67 Å². The summed E-state index contributed by atoms with van der Waals surface area (Å²) in [6.07, 6.45) is 0. The third kappa shape index (κ3) is 3.40. The lowest BCUT2D eigenvalue weighted by molar-refractivity contribution is 0.0383. The molecule has 1 aromatic heterocycles. The van der Waals surface area contributed by atoms with E-state index in [0.29, 0.717) is 16.8 Å². The first kappa shape index (κ1) is 14.4. The van der Waals surface area contributed by atoms with Gasteiger partial charge in [0.15, 0.2) is 0 Å². The van der Waals surface area contributed by atoms with Crippen LogP contribution < -0.4 is 5.32 Å². The van der Waals surface area contributed by atoms with Gasteiger partial charge in [0.05, 0.1) is 18.1 Å². The fourth-order valence-electron chi connectivity index (χ4n) is 2.38. The highest BCUT2D eigenvalue weighted by Crippen LogP contribution is 2.27. The maximum atomic E-state index is 13.6. The van der Waals surface area contributed by atoms with Gasteiger partial charge in [-0.25, -0.2) is 4.39 Å². The number of nitrogens with zero attached hydrogens (tertiary/aromatic N) is 1. The minimum atomic E-state index is -0.281. The second-order valence-electron chi connectivity index (χ2n) is 4.97. The van der Waals surface area contributed by atoms with Crippen LogP contribution in [0.4, 0.5) is 4.39 Å². The Morgan fingerprint density at radius 1 is 1.38 bits per heavy atom. The van der Waals surface area contributed by atoms with Crippen LogP contribution in [0.5, 0.6) is 0 Å². The van der Waals surface area contributed by atoms with Crippen molar-refractivity contribution in [2.75, 3.05) is 39.4 Å². The number of halogens is 1. The van der Waals surface area contributed by atoms with Crippen LogP contribution in [0.15, 0.2) is 24.3 Å². The fourth-order valence-corrected chi connectivity index (χ4v) is 3.37. The SMILES string of the molecule is O=C(NCCN1CCOCC1)c1cc2c(F)cccc2s1. The summed E-state index contributed by atoms with van der Waals surface area (Å²) in [5, 5.41) is 3.41. The molecule has 0 aliphatic carbocycles. The molecule has 1 amide bonds. The van der Waals surface area contributed by atoms with Gasteiger partial charge in [0.2, 0.25) is 0 Å². The van der Waals surface area contributed by atoms with Gasteiger partial charge in [0.25, 0.3) is 5.91 Å². The van der Waals surface area contributed by atoms with Crippen molar-refractivity contribution >= 4 is 27.3 Å². The smallest absolute Gasteiger partial charge is 0.261 e. The van der Waals surface area contributed by atoms with E-state index in [0.717, 1.165) is 37.5 Å². The number of thiophene rings is 1. The predicted molar refractivity (Wildman–Crippen MR) is 81.4 cm³/mol. The number of amides is 1. The molecular weight excluding hydrogens is 291 g/mol. The quantitative estimate of drug-likeness (QED) is 0.940. The number of morpholine rings is 1. The maximum absolute atomic E-state index is 13.6. The molecule has 0 bridgehead atoms. The Morgan fingerprint density at radius 2 is 2.19 bits per heavy atom. The summed E-state index contributed by atoms with van der Waals surface area (Å²) in [5.41, 5.74) is 0. The Kier molecular flexibility index (Phi) is 4.48. The van der Waals surface area contributed by atoms with E-state index in [4.69, 9.17) is 4.74 Å². The normalized spacial score (nSPS) is 16.2. The van der Waals surface area contributed by atoms with Gasteiger partial charge >= 0.3 is 0 Å². The molecule has 0 atom stereocenters. The van der Waals surface area contributed by atoms with Crippen LogP contribution in [-0.4, -0.2) is 50.2 Å². The third-order valence-electron chi connectivity index (χ3n) is 3.55. The van der Waals surface area contributed by atoms with Crippen molar-refractivity contribution < 1.29 is 13.9 Å². The van der Waals surface area contributed by atoms with Crippen molar-refractivity contribution in [3.8, 4) is 0 Å². The fraction of sp³-hybridized carbons (Fsp3) is 0.400. The van der Waals surface area contributed by atoms with Gasteiger partial charge in [-0.1, -0.05) is 6.07 Å². The number of ether oxygens (including phenoxy) is 1. The number of carbonyl (C=O) groups is 1. The molecule has 1 aromatic carbocycles. The van der Waals surface area contributed by atoms with Crippen molar-refractivity contribution in [3.05, 3.63) is 35.0 Å². The van der Waals surface area contributed by atoms with Gasteiger partial charge in [-0.15, -0.1) is 11.3 Å². The van der Waals surface area contributed by atoms with Crippen molar-refractivity contribution in [1.29, 1.82) is 0 Å². The van der Waals surface area contributed by atoms with E-state index in [2.05, 4.69) is 10.2 Å². The molecule has 4 nitrogen and oxygen atoms in total. The number of nitrogens with one attached hydrogen (secondary N) is 1. The first-order chi connectivity index (χ1) is 10.2. The standard InChI is InChI=1S/C15H17FN2O2S/c16-12-2-1-3-13-11(12)10-14(21-13)15(19)17-4-5-18-6-8-20-9-7-18/h1-3,10H,4-9H2,(H,17,19). The van der Waals surface area contributed by atoms with Crippen LogP contribution >= 0.6 is 11.3 Å². The van der Waals surface area contributed by atoms with E-state index in [-0.39, 0.29) is 11.7 Å². The molecule has 1 N–H and O–H groups in total. The van der Waals surface area contributed by atoms with E-state index in [1.807, 2.05) is 6.07 Å². The Hall–Kier alpha value is -1.50. The molecule has 1 saturated heterocycles. The summed E-state index contributed by atoms with van der Waals surface area (Å²) in [6, 6.07) is 6.52. The summed E-state index contributed by atoms with van der Waals surface area (Å²) in [6.45, 7) is 4.73. The minimum absolute atomic E-state index is 0.135. The lowest BCUT2D eigenvalue weighted by Gasteiger charge is -2.26. The molecule has 2 aromatic rings. The topological polar surface area (TPSA) is 41.6 Å². The van der Waals surface area contributed by atoms with Gasteiger partial charge in [-0.05, 0) is 18.2 Å². The van der Waals surface area contributed by atoms with Crippen molar-refractivity contribution in [1.82, 2.24) is 10.2 Å². The Balaban J connectivity index is 1.57. The van der Waals surface area contributed by atoms with Gasteiger partial charge in [0.1, 0.15) is 5.82 Å². The molecule has 6 heteroatoms. The molecule has 0 unspecified atom stereocenters. The third-order valence-corrected chi connectivity index (χ3v) is 4.65. The monoisotopic (exact) mass is 308 g/mol. The summed E-state index contributed by atoms with van der Waals surface area (Å²) in [7, 11) is 0. The zero-order valence-electron chi connectivity index (χ0n) is 11.6. The van der Waals surface area contributed by atoms with E-state index in [1.165, 1.54) is 17.4 Å². The van der Waals surface area contributed by atoms with E-state index in [1.54, 1.807) is 12.1 Å². The molecule has 1 aliphatic rings. The van der Waals surface area contributed by atoms with Crippen molar-refractivity contribution in [2.45, 2.75) is 0 Å². The summed E-state index contributed by atoms with van der Waals surface area (Å²) < 4.78 is 19.7. The average molecular weight is 308 g/mol.